The van der Waals surface area contributed by atoms with E-state index < -0.39 is 6.04 Å². The van der Waals surface area contributed by atoms with Crippen LogP contribution in [-0.4, -0.2) is 12.7 Å². The smallest absolute Gasteiger partial charge is 0.227 e. The summed E-state index contributed by atoms with van der Waals surface area (Å²) in [5.41, 5.74) is 0.736. The molecule has 0 spiro atoms. The van der Waals surface area contributed by atoms with Crippen molar-refractivity contribution in [2.45, 2.75) is 6.04 Å². The average Bonchev–Trinajstić information content (AvgIpc) is 2.15. The molecule has 0 heterocycles. The molecule has 1 N–H and O–H groups in total. The van der Waals surface area contributed by atoms with Gasteiger partial charge in [-0.15, -0.1) is 0 Å². The van der Waals surface area contributed by atoms with Crippen LogP contribution in [0, 0.1) is 0 Å². The molecule has 0 aliphatic carbocycles. The van der Waals surface area contributed by atoms with E-state index in [1.165, 1.54) is 0 Å². The Hall–Kier alpha value is -1.64. The van der Waals surface area contributed by atoms with Gasteiger partial charge in [-0.3, -0.25) is 9.59 Å². The zero-order valence-electron chi connectivity index (χ0n) is 6.36. The maximum Gasteiger partial charge on any atom is 0.227 e. The summed E-state index contributed by atoms with van der Waals surface area (Å²) < 4.78 is 0. The average molecular weight is 162 g/mol. The number of benzene rings is 1. The first-order chi connectivity index (χ1) is 5.88. The number of carbonyl (C=O) groups is 1. The Morgan fingerprint density at radius 1 is 1.33 bits per heavy atom. The van der Waals surface area contributed by atoms with Gasteiger partial charge in [-0.1, -0.05) is 30.3 Å². The monoisotopic (exact) mass is 162 g/mol. The van der Waals surface area contributed by atoms with Crippen molar-refractivity contribution in [3.63, 3.8) is 0 Å². The van der Waals surface area contributed by atoms with Crippen LogP contribution < -0.4 is 5.32 Å². The second-order valence-corrected chi connectivity index (χ2v) is 2.25. The quantitative estimate of drug-likeness (QED) is 0.658. The molecule has 1 radical (unpaired) electrons. The highest BCUT2D eigenvalue weighted by atomic mass is 16.1. The minimum absolute atomic E-state index is 0.489. The van der Waals surface area contributed by atoms with Crippen LogP contribution in [0.5, 0.6) is 0 Å². The molecule has 0 saturated heterocycles. The van der Waals surface area contributed by atoms with Gasteiger partial charge in [0.1, 0.15) is 6.04 Å². The third-order valence-electron chi connectivity index (χ3n) is 1.49. The van der Waals surface area contributed by atoms with Crippen molar-refractivity contribution in [2.24, 2.45) is 0 Å². The summed E-state index contributed by atoms with van der Waals surface area (Å²) in [6.45, 7) is 0. The first kappa shape index (κ1) is 8.46. The topological polar surface area (TPSA) is 46.2 Å². The molecule has 3 heteroatoms. The molecular formula is C9H8NO2. The number of amides is 1. The largest absolute Gasteiger partial charge is 0.344 e. The van der Waals surface area contributed by atoms with Crippen LogP contribution in [-0.2, 0) is 9.59 Å². The first-order valence-electron chi connectivity index (χ1n) is 3.51. The summed E-state index contributed by atoms with van der Waals surface area (Å²) in [5, 5.41) is 2.34. The van der Waals surface area contributed by atoms with Crippen LogP contribution in [0.25, 0.3) is 0 Å². The second kappa shape index (κ2) is 4.28. The Labute approximate surface area is 70.4 Å². The van der Waals surface area contributed by atoms with Crippen molar-refractivity contribution >= 4 is 12.7 Å². The highest BCUT2D eigenvalue weighted by Crippen LogP contribution is 2.08. The van der Waals surface area contributed by atoms with Crippen molar-refractivity contribution in [2.75, 3.05) is 0 Å². The Morgan fingerprint density at radius 3 is 2.50 bits per heavy atom. The van der Waals surface area contributed by atoms with E-state index >= 15 is 0 Å². The maximum absolute atomic E-state index is 10.3. The van der Waals surface area contributed by atoms with Crippen molar-refractivity contribution in [3.05, 3.63) is 35.9 Å². The number of hydrogen-bond donors (Lipinski definition) is 1. The summed E-state index contributed by atoms with van der Waals surface area (Å²) >= 11 is 0. The van der Waals surface area contributed by atoms with Gasteiger partial charge in [-0.2, -0.15) is 0 Å². The lowest BCUT2D eigenvalue weighted by Crippen LogP contribution is -2.20. The summed E-state index contributed by atoms with van der Waals surface area (Å²) in [4.78, 5) is 20.4. The molecule has 0 aromatic heterocycles. The fraction of sp³-hybridized carbons (Fsp3) is 0.111. The fourth-order valence-electron chi connectivity index (χ4n) is 0.912. The van der Waals surface area contributed by atoms with Gasteiger partial charge in [0.25, 0.3) is 0 Å². The normalized spacial score (nSPS) is 11.7. The molecule has 1 atom stereocenters. The molecule has 1 amide bonds. The standard InChI is InChI=1S/C9H8NO2/c11-6-9(10-7-12)8-4-2-1-3-5-8/h1-5,7,9H,(H,10,12). The third kappa shape index (κ3) is 1.92. The van der Waals surface area contributed by atoms with E-state index in [1.54, 1.807) is 30.6 Å². The zero-order valence-corrected chi connectivity index (χ0v) is 6.36. The summed E-state index contributed by atoms with van der Waals surface area (Å²) in [7, 11) is 0. The van der Waals surface area contributed by atoms with Crippen LogP contribution in [0.2, 0.25) is 0 Å². The van der Waals surface area contributed by atoms with Crippen molar-refractivity contribution in [3.8, 4) is 0 Å². The molecule has 0 saturated carbocycles. The molecule has 3 nitrogen and oxygen atoms in total. The maximum atomic E-state index is 10.3. The van der Waals surface area contributed by atoms with E-state index in [0.29, 0.717) is 6.41 Å². The van der Waals surface area contributed by atoms with Gasteiger partial charge in [-0.05, 0) is 5.56 Å². The van der Waals surface area contributed by atoms with E-state index in [2.05, 4.69) is 5.32 Å². The molecule has 0 bridgehead atoms. The molecule has 61 valence electrons. The van der Waals surface area contributed by atoms with Crippen molar-refractivity contribution in [1.29, 1.82) is 0 Å². The lowest BCUT2D eigenvalue weighted by Gasteiger charge is -2.06. The van der Waals surface area contributed by atoms with Gasteiger partial charge in [0.05, 0.1) is 0 Å². The summed E-state index contributed by atoms with van der Waals surface area (Å²) in [6.07, 6.45) is 2.22. The van der Waals surface area contributed by atoms with E-state index in [4.69, 9.17) is 0 Å². The minimum Gasteiger partial charge on any atom is -0.344 e. The Kier molecular flexibility index (Phi) is 3.02. The molecule has 1 aromatic carbocycles. The van der Waals surface area contributed by atoms with Crippen LogP contribution in [0.3, 0.4) is 0 Å². The molecule has 1 unspecified atom stereocenters. The second-order valence-electron chi connectivity index (χ2n) is 2.25. The minimum atomic E-state index is -0.649. The SMILES string of the molecule is O=[C]C(NC=O)c1ccccc1. The molecule has 0 aliphatic rings. The Morgan fingerprint density at radius 2 is 2.00 bits per heavy atom. The fourth-order valence-corrected chi connectivity index (χ4v) is 0.912. The van der Waals surface area contributed by atoms with Crippen LogP contribution in [0.1, 0.15) is 11.6 Å². The molecule has 1 aromatic rings. The predicted molar refractivity (Wildman–Crippen MR) is 44.1 cm³/mol. The van der Waals surface area contributed by atoms with E-state index in [9.17, 15) is 9.59 Å². The van der Waals surface area contributed by atoms with Crippen molar-refractivity contribution < 1.29 is 9.59 Å². The molecule has 1 rings (SSSR count). The van der Waals surface area contributed by atoms with Crippen LogP contribution in [0.4, 0.5) is 0 Å². The molecule has 12 heavy (non-hydrogen) atoms. The lowest BCUT2D eigenvalue weighted by atomic mass is 10.1. The summed E-state index contributed by atoms with van der Waals surface area (Å²) in [6, 6.07) is 8.30. The van der Waals surface area contributed by atoms with E-state index in [0.717, 1.165) is 5.56 Å². The number of carbonyl (C=O) groups excluding carboxylic acids is 2. The molecule has 0 fully saturated rings. The van der Waals surface area contributed by atoms with Gasteiger partial charge in [0, 0.05) is 0 Å². The molecular weight excluding hydrogens is 154 g/mol. The number of nitrogens with one attached hydrogen (secondary N) is 1. The summed E-state index contributed by atoms with van der Waals surface area (Å²) in [5.74, 6) is 0. The van der Waals surface area contributed by atoms with E-state index in [1.807, 2.05) is 6.07 Å². The highest BCUT2D eigenvalue weighted by molar-refractivity contribution is 5.66. The zero-order chi connectivity index (χ0) is 8.81. The van der Waals surface area contributed by atoms with Gasteiger partial charge in [-0.25, -0.2) is 0 Å². The van der Waals surface area contributed by atoms with E-state index in [-0.39, 0.29) is 0 Å². The molecule has 0 aliphatic heterocycles. The van der Waals surface area contributed by atoms with Crippen LogP contribution >= 0.6 is 0 Å². The third-order valence-corrected chi connectivity index (χ3v) is 1.49. The lowest BCUT2D eigenvalue weighted by molar-refractivity contribution is -0.109. The first-order valence-corrected chi connectivity index (χ1v) is 3.51. The number of rotatable bonds is 4. The van der Waals surface area contributed by atoms with Crippen molar-refractivity contribution in [1.82, 2.24) is 5.32 Å². The van der Waals surface area contributed by atoms with Gasteiger partial charge >= 0.3 is 0 Å². The van der Waals surface area contributed by atoms with Gasteiger partial charge < -0.3 is 5.32 Å². The van der Waals surface area contributed by atoms with Gasteiger partial charge in [0.15, 0.2) is 0 Å². The Bertz CT molecular complexity index is 258. The van der Waals surface area contributed by atoms with Gasteiger partial charge in [0.2, 0.25) is 12.7 Å². The van der Waals surface area contributed by atoms with Crippen LogP contribution in [0.15, 0.2) is 30.3 Å². The Balaban J connectivity index is 2.79. The predicted octanol–water partition coefficient (Wildman–Crippen LogP) is 0.583. The highest BCUT2D eigenvalue weighted by Gasteiger charge is 2.07. The number of hydrogen-bond acceptors (Lipinski definition) is 2.